The molecule has 0 aromatic heterocycles. The molecular formula is C9H15F3N2O2. The number of carbonyl (C=O) groups excluding carboxylic acids is 1. The molecule has 16 heavy (non-hydrogen) atoms. The molecule has 0 aliphatic carbocycles. The summed E-state index contributed by atoms with van der Waals surface area (Å²) < 4.78 is 41.0. The predicted molar refractivity (Wildman–Crippen MR) is 50.9 cm³/mol. The monoisotopic (exact) mass is 240 g/mol. The lowest BCUT2D eigenvalue weighted by atomic mass is 10.2. The molecule has 1 rings (SSSR count). The third kappa shape index (κ3) is 4.36. The van der Waals surface area contributed by atoms with E-state index in [1.165, 1.54) is 7.05 Å². The Labute approximate surface area is 91.7 Å². The Morgan fingerprint density at radius 1 is 1.56 bits per heavy atom. The number of amides is 1. The molecule has 1 amide bonds. The first-order valence-corrected chi connectivity index (χ1v) is 5.04. The maximum atomic E-state index is 11.9. The molecule has 94 valence electrons. The molecule has 1 heterocycles. The standard InChI is InChI=1S/C9H15F3N2O2/c1-14(4-2-9(10,11)12)8(15)7-6-13-3-5-16-7/h7,13H,2-6H2,1H3. The predicted octanol–water partition coefficient (Wildman–Crippen LogP) is 0.386. The van der Waals surface area contributed by atoms with Gasteiger partial charge in [0.15, 0.2) is 0 Å². The number of nitrogens with zero attached hydrogens (tertiary/aromatic N) is 1. The summed E-state index contributed by atoms with van der Waals surface area (Å²) in [5.41, 5.74) is 0. The highest BCUT2D eigenvalue weighted by molar-refractivity contribution is 5.81. The molecule has 1 aliphatic heterocycles. The van der Waals surface area contributed by atoms with Crippen molar-refractivity contribution in [3.8, 4) is 0 Å². The number of hydrogen-bond donors (Lipinski definition) is 1. The number of likely N-dealkylation sites (N-methyl/N-ethyl adjacent to an activating group) is 1. The van der Waals surface area contributed by atoms with Crippen LogP contribution in [0.1, 0.15) is 6.42 Å². The minimum Gasteiger partial charge on any atom is -0.366 e. The van der Waals surface area contributed by atoms with E-state index in [-0.39, 0.29) is 6.54 Å². The topological polar surface area (TPSA) is 41.6 Å². The zero-order chi connectivity index (χ0) is 12.2. The lowest BCUT2D eigenvalue weighted by Gasteiger charge is -2.27. The minimum absolute atomic E-state index is 0.331. The Morgan fingerprint density at radius 2 is 2.25 bits per heavy atom. The summed E-state index contributed by atoms with van der Waals surface area (Å²) >= 11 is 0. The van der Waals surface area contributed by atoms with Crippen LogP contribution in [0, 0.1) is 0 Å². The van der Waals surface area contributed by atoms with Gasteiger partial charge in [-0.05, 0) is 0 Å². The lowest BCUT2D eigenvalue weighted by molar-refractivity contribution is -0.151. The van der Waals surface area contributed by atoms with Crippen molar-refractivity contribution in [1.29, 1.82) is 0 Å². The second-order valence-corrected chi connectivity index (χ2v) is 3.69. The summed E-state index contributed by atoms with van der Waals surface area (Å²) in [5, 5.41) is 2.95. The fraction of sp³-hybridized carbons (Fsp3) is 0.889. The van der Waals surface area contributed by atoms with Crippen molar-refractivity contribution in [2.45, 2.75) is 18.7 Å². The van der Waals surface area contributed by atoms with E-state index in [0.29, 0.717) is 19.7 Å². The Kier molecular flexibility index (Phi) is 4.55. The van der Waals surface area contributed by atoms with Gasteiger partial charge < -0.3 is 15.0 Å². The van der Waals surface area contributed by atoms with Gasteiger partial charge in [-0.3, -0.25) is 4.79 Å². The van der Waals surface area contributed by atoms with Gasteiger partial charge in [0.2, 0.25) is 0 Å². The fourth-order valence-electron chi connectivity index (χ4n) is 1.37. The van der Waals surface area contributed by atoms with Crippen molar-refractivity contribution in [1.82, 2.24) is 10.2 Å². The van der Waals surface area contributed by atoms with Gasteiger partial charge in [-0.15, -0.1) is 0 Å². The molecule has 0 aromatic rings. The Hall–Kier alpha value is -0.820. The van der Waals surface area contributed by atoms with Gasteiger partial charge in [-0.25, -0.2) is 0 Å². The van der Waals surface area contributed by atoms with Crippen LogP contribution in [0.4, 0.5) is 13.2 Å². The first kappa shape index (κ1) is 13.2. The van der Waals surface area contributed by atoms with Gasteiger partial charge >= 0.3 is 6.18 Å². The average molecular weight is 240 g/mol. The molecule has 0 saturated carbocycles. The van der Waals surface area contributed by atoms with Crippen LogP contribution in [0.2, 0.25) is 0 Å². The van der Waals surface area contributed by atoms with Gasteiger partial charge in [-0.1, -0.05) is 0 Å². The summed E-state index contributed by atoms with van der Waals surface area (Å²) in [4.78, 5) is 12.7. The smallest absolute Gasteiger partial charge is 0.366 e. The molecule has 1 N–H and O–H groups in total. The molecule has 0 aromatic carbocycles. The first-order valence-electron chi connectivity index (χ1n) is 5.04. The summed E-state index contributed by atoms with van der Waals surface area (Å²) in [7, 11) is 1.35. The summed E-state index contributed by atoms with van der Waals surface area (Å²) in [6.45, 7) is 1.09. The quantitative estimate of drug-likeness (QED) is 0.775. The number of nitrogens with one attached hydrogen (secondary N) is 1. The number of rotatable bonds is 3. The maximum absolute atomic E-state index is 11.9. The van der Waals surface area contributed by atoms with Crippen molar-refractivity contribution >= 4 is 5.91 Å². The van der Waals surface area contributed by atoms with Crippen molar-refractivity contribution in [3.63, 3.8) is 0 Å². The van der Waals surface area contributed by atoms with E-state index < -0.39 is 24.6 Å². The summed E-state index contributed by atoms with van der Waals surface area (Å²) in [5.74, 6) is -0.406. The van der Waals surface area contributed by atoms with Crippen LogP contribution in [0.5, 0.6) is 0 Å². The van der Waals surface area contributed by atoms with Crippen molar-refractivity contribution in [3.05, 3.63) is 0 Å². The molecule has 0 bridgehead atoms. The highest BCUT2D eigenvalue weighted by Crippen LogP contribution is 2.19. The van der Waals surface area contributed by atoms with E-state index in [9.17, 15) is 18.0 Å². The van der Waals surface area contributed by atoms with Gasteiger partial charge in [-0.2, -0.15) is 13.2 Å². The minimum atomic E-state index is -4.24. The summed E-state index contributed by atoms with van der Waals surface area (Å²) in [6, 6.07) is 0. The number of ether oxygens (including phenoxy) is 1. The highest BCUT2D eigenvalue weighted by atomic mass is 19.4. The molecule has 0 radical (unpaired) electrons. The van der Waals surface area contributed by atoms with Gasteiger partial charge in [0.05, 0.1) is 13.0 Å². The largest absolute Gasteiger partial charge is 0.390 e. The maximum Gasteiger partial charge on any atom is 0.390 e. The molecule has 1 unspecified atom stereocenters. The second kappa shape index (κ2) is 5.49. The van der Waals surface area contributed by atoms with E-state index in [2.05, 4.69) is 5.32 Å². The third-order valence-corrected chi connectivity index (χ3v) is 2.31. The van der Waals surface area contributed by atoms with Gasteiger partial charge in [0, 0.05) is 26.7 Å². The van der Waals surface area contributed by atoms with E-state index in [0.717, 1.165) is 4.90 Å². The third-order valence-electron chi connectivity index (χ3n) is 2.31. The normalized spacial score (nSPS) is 21.9. The molecule has 4 nitrogen and oxygen atoms in total. The van der Waals surface area contributed by atoms with Crippen LogP contribution < -0.4 is 5.32 Å². The van der Waals surface area contributed by atoms with E-state index in [1.54, 1.807) is 0 Å². The van der Waals surface area contributed by atoms with Crippen molar-refractivity contribution in [2.24, 2.45) is 0 Å². The molecule has 1 aliphatic rings. The first-order chi connectivity index (χ1) is 7.40. The van der Waals surface area contributed by atoms with Gasteiger partial charge in [0.1, 0.15) is 6.10 Å². The van der Waals surface area contributed by atoms with Crippen LogP contribution in [0.25, 0.3) is 0 Å². The molecule has 1 fully saturated rings. The fourth-order valence-corrected chi connectivity index (χ4v) is 1.37. The van der Waals surface area contributed by atoms with Gasteiger partial charge in [0.25, 0.3) is 5.91 Å². The highest BCUT2D eigenvalue weighted by Gasteiger charge is 2.30. The van der Waals surface area contributed by atoms with E-state index in [4.69, 9.17) is 4.74 Å². The van der Waals surface area contributed by atoms with Crippen molar-refractivity contribution < 1.29 is 22.7 Å². The number of hydrogen-bond acceptors (Lipinski definition) is 3. The van der Waals surface area contributed by atoms with Crippen LogP contribution in [-0.2, 0) is 9.53 Å². The Balaban J connectivity index is 2.34. The number of morpholine rings is 1. The zero-order valence-electron chi connectivity index (χ0n) is 9.01. The molecule has 0 spiro atoms. The van der Waals surface area contributed by atoms with E-state index in [1.807, 2.05) is 0 Å². The number of alkyl halides is 3. The molecule has 1 atom stereocenters. The average Bonchev–Trinajstić information content (AvgIpc) is 2.25. The van der Waals surface area contributed by atoms with Crippen LogP contribution in [-0.4, -0.2) is 56.4 Å². The van der Waals surface area contributed by atoms with Crippen LogP contribution in [0.3, 0.4) is 0 Å². The Bertz CT molecular complexity index is 239. The SMILES string of the molecule is CN(CCC(F)(F)F)C(=O)C1CNCCO1. The van der Waals surface area contributed by atoms with Crippen LogP contribution >= 0.6 is 0 Å². The molecular weight excluding hydrogens is 225 g/mol. The molecule has 7 heteroatoms. The van der Waals surface area contributed by atoms with Crippen molar-refractivity contribution in [2.75, 3.05) is 33.3 Å². The second-order valence-electron chi connectivity index (χ2n) is 3.69. The lowest BCUT2D eigenvalue weighted by Crippen LogP contribution is -2.48. The Morgan fingerprint density at radius 3 is 2.75 bits per heavy atom. The van der Waals surface area contributed by atoms with E-state index >= 15 is 0 Å². The molecule has 1 saturated heterocycles. The summed E-state index contributed by atoms with van der Waals surface area (Å²) in [6.07, 6.45) is -5.89. The van der Waals surface area contributed by atoms with Crippen LogP contribution in [0.15, 0.2) is 0 Å². The number of halogens is 3. The zero-order valence-corrected chi connectivity index (χ0v) is 9.01. The number of carbonyl (C=O) groups is 1.